The Bertz CT molecular complexity index is 1220. The first kappa shape index (κ1) is 27.6. The summed E-state index contributed by atoms with van der Waals surface area (Å²) in [5, 5.41) is 5.36. The number of hydrogen-bond acceptors (Lipinski definition) is 6. The van der Waals surface area contributed by atoms with E-state index in [0.29, 0.717) is 12.3 Å². The third kappa shape index (κ3) is 7.13. The Balaban J connectivity index is 1.68. The summed E-state index contributed by atoms with van der Waals surface area (Å²) in [6.45, 7) is 2.99. The summed E-state index contributed by atoms with van der Waals surface area (Å²) >= 11 is 0. The number of rotatable bonds is 4. The largest absolute Gasteiger partial charge is 0.491 e. The van der Waals surface area contributed by atoms with Gasteiger partial charge in [-0.3, -0.25) is 24.0 Å². The van der Waals surface area contributed by atoms with Gasteiger partial charge in [-0.25, -0.2) is 0 Å². The van der Waals surface area contributed by atoms with Gasteiger partial charge >= 0.3 is 0 Å². The monoisotopic (exact) mass is 535 g/mol. The van der Waals surface area contributed by atoms with E-state index >= 15 is 0 Å². The molecular weight excluding hydrogens is 502 g/mol. The summed E-state index contributed by atoms with van der Waals surface area (Å²) in [7, 11) is 0. The van der Waals surface area contributed by atoms with Crippen LogP contribution in [-0.2, 0) is 25.7 Å². The van der Waals surface area contributed by atoms with E-state index in [1.165, 1.54) is 9.80 Å². The van der Waals surface area contributed by atoms with E-state index in [-0.39, 0.29) is 69.7 Å². The fraction of sp³-hybridized carbons (Fsp3) is 0.393. The number of carbonyl (C=O) groups is 5. The second kappa shape index (κ2) is 12.9. The maximum absolute atomic E-state index is 13.7. The Hall–Kier alpha value is -4.41. The van der Waals surface area contributed by atoms with Crippen LogP contribution in [-0.4, -0.2) is 96.2 Å². The molecule has 0 spiro atoms. The molecule has 2 aliphatic heterocycles. The van der Waals surface area contributed by atoms with Crippen molar-refractivity contribution in [2.75, 3.05) is 45.9 Å². The molecule has 0 bridgehead atoms. The number of piperazine rings is 1. The standard InChI is InChI=1S/C28H33N5O6/c1-2-31-14-15-39-23-11-7-6-10-21(23)27(37)30-22(28(38)32-13-12-29-24(34)18-32)16-25(35)33(19-26(31)36)17-20-8-4-3-5-9-20/h3-11,22H,2,12-19H2,1H3,(H,29,34)(H,30,37)/t22-/m0/s1. The van der Waals surface area contributed by atoms with E-state index in [1.807, 2.05) is 37.3 Å². The normalized spacial score (nSPS) is 19.4. The third-order valence-corrected chi connectivity index (χ3v) is 6.71. The molecule has 0 aromatic heterocycles. The van der Waals surface area contributed by atoms with Gasteiger partial charge in [-0.1, -0.05) is 42.5 Å². The van der Waals surface area contributed by atoms with Crippen molar-refractivity contribution >= 4 is 29.5 Å². The number of nitrogens with one attached hydrogen (secondary N) is 2. The first-order valence-corrected chi connectivity index (χ1v) is 13.0. The van der Waals surface area contributed by atoms with Crippen LogP contribution in [0.5, 0.6) is 5.75 Å². The van der Waals surface area contributed by atoms with Crippen LogP contribution in [0.4, 0.5) is 0 Å². The van der Waals surface area contributed by atoms with E-state index in [2.05, 4.69) is 10.6 Å². The molecule has 1 saturated heterocycles. The summed E-state index contributed by atoms with van der Waals surface area (Å²) in [6, 6.07) is 14.6. The molecule has 2 aromatic carbocycles. The predicted octanol–water partition coefficient (Wildman–Crippen LogP) is 0.403. The molecule has 2 aromatic rings. The van der Waals surface area contributed by atoms with E-state index in [4.69, 9.17) is 4.74 Å². The maximum atomic E-state index is 13.7. The number of fused-ring (bicyclic) bond motifs is 1. The van der Waals surface area contributed by atoms with Crippen molar-refractivity contribution < 1.29 is 28.7 Å². The zero-order chi connectivity index (χ0) is 27.8. The number of para-hydroxylation sites is 1. The molecule has 4 rings (SSSR count). The van der Waals surface area contributed by atoms with Gasteiger partial charge in [-0.05, 0) is 24.6 Å². The molecule has 2 N–H and O–H groups in total. The summed E-state index contributed by atoms with van der Waals surface area (Å²) < 4.78 is 5.87. The highest BCUT2D eigenvalue weighted by Gasteiger charge is 2.33. The molecule has 1 fully saturated rings. The second-order valence-electron chi connectivity index (χ2n) is 9.39. The number of amides is 5. The topological polar surface area (TPSA) is 128 Å². The first-order valence-electron chi connectivity index (χ1n) is 13.0. The van der Waals surface area contributed by atoms with Crippen LogP contribution < -0.4 is 15.4 Å². The third-order valence-electron chi connectivity index (χ3n) is 6.71. The zero-order valence-electron chi connectivity index (χ0n) is 21.9. The van der Waals surface area contributed by atoms with Gasteiger partial charge in [0.25, 0.3) is 5.91 Å². The van der Waals surface area contributed by atoms with Gasteiger partial charge in [0.1, 0.15) is 24.9 Å². The summed E-state index contributed by atoms with van der Waals surface area (Å²) in [4.78, 5) is 70.1. The lowest BCUT2D eigenvalue weighted by molar-refractivity contribution is -0.144. The number of carbonyl (C=O) groups excluding carboxylic acids is 5. The zero-order valence-corrected chi connectivity index (χ0v) is 21.9. The molecule has 11 nitrogen and oxygen atoms in total. The van der Waals surface area contributed by atoms with Gasteiger partial charge < -0.3 is 30.1 Å². The highest BCUT2D eigenvalue weighted by Crippen LogP contribution is 2.19. The fourth-order valence-electron chi connectivity index (χ4n) is 4.59. The van der Waals surface area contributed by atoms with E-state index in [9.17, 15) is 24.0 Å². The van der Waals surface area contributed by atoms with E-state index in [0.717, 1.165) is 5.56 Å². The molecule has 39 heavy (non-hydrogen) atoms. The lowest BCUT2D eigenvalue weighted by Crippen LogP contribution is -2.57. The lowest BCUT2D eigenvalue weighted by atomic mass is 10.1. The maximum Gasteiger partial charge on any atom is 0.255 e. The van der Waals surface area contributed by atoms with E-state index < -0.39 is 23.8 Å². The minimum absolute atomic E-state index is 0.141. The van der Waals surface area contributed by atoms with Crippen molar-refractivity contribution in [1.29, 1.82) is 0 Å². The highest BCUT2D eigenvalue weighted by molar-refractivity contribution is 6.01. The summed E-state index contributed by atoms with van der Waals surface area (Å²) in [5.74, 6) is -1.86. The van der Waals surface area contributed by atoms with Crippen molar-refractivity contribution in [2.45, 2.75) is 25.9 Å². The van der Waals surface area contributed by atoms with Crippen LogP contribution >= 0.6 is 0 Å². The minimum atomic E-state index is -1.25. The van der Waals surface area contributed by atoms with Gasteiger partial charge in [0.2, 0.25) is 23.6 Å². The van der Waals surface area contributed by atoms with Crippen molar-refractivity contribution in [3.05, 3.63) is 65.7 Å². The Morgan fingerprint density at radius 3 is 2.41 bits per heavy atom. The van der Waals surface area contributed by atoms with Crippen molar-refractivity contribution in [3.63, 3.8) is 0 Å². The van der Waals surface area contributed by atoms with Gasteiger partial charge in [0, 0.05) is 26.2 Å². The number of ether oxygens (including phenoxy) is 1. The average Bonchev–Trinajstić information content (AvgIpc) is 2.94. The molecule has 0 unspecified atom stereocenters. The van der Waals surface area contributed by atoms with Crippen molar-refractivity contribution in [1.82, 2.24) is 25.3 Å². The van der Waals surface area contributed by atoms with Crippen LogP contribution in [0, 0.1) is 0 Å². The molecule has 0 saturated carbocycles. The Morgan fingerprint density at radius 1 is 0.923 bits per heavy atom. The Labute approximate surface area is 227 Å². The smallest absolute Gasteiger partial charge is 0.255 e. The number of nitrogens with zero attached hydrogens (tertiary/aromatic N) is 3. The molecular formula is C28H33N5O6. The molecule has 0 radical (unpaired) electrons. The quantitative estimate of drug-likeness (QED) is 0.584. The Kier molecular flexibility index (Phi) is 9.14. The molecule has 206 valence electrons. The van der Waals surface area contributed by atoms with E-state index in [1.54, 1.807) is 29.2 Å². The van der Waals surface area contributed by atoms with Crippen LogP contribution in [0.1, 0.15) is 29.3 Å². The van der Waals surface area contributed by atoms with Gasteiger partial charge in [0.05, 0.1) is 25.1 Å². The number of benzene rings is 2. The lowest BCUT2D eigenvalue weighted by Gasteiger charge is -2.32. The average molecular weight is 536 g/mol. The summed E-state index contributed by atoms with van der Waals surface area (Å²) in [6.07, 6.45) is -0.377. The SMILES string of the molecule is CCN1CCOc2ccccc2C(=O)N[C@H](C(=O)N2CCNC(=O)C2)CC(=O)N(Cc2ccccc2)CC1=O. The predicted molar refractivity (Wildman–Crippen MR) is 142 cm³/mol. The number of likely N-dealkylation sites (N-methyl/N-ethyl adjacent to an activating group) is 1. The van der Waals surface area contributed by atoms with Crippen LogP contribution in [0.15, 0.2) is 54.6 Å². The molecule has 0 aliphatic carbocycles. The highest BCUT2D eigenvalue weighted by atomic mass is 16.5. The first-order chi connectivity index (χ1) is 18.9. The van der Waals surface area contributed by atoms with Crippen LogP contribution in [0.3, 0.4) is 0 Å². The Morgan fingerprint density at radius 2 is 1.67 bits per heavy atom. The molecule has 5 amide bonds. The minimum Gasteiger partial charge on any atom is -0.491 e. The molecule has 11 heteroatoms. The molecule has 1 atom stereocenters. The van der Waals surface area contributed by atoms with Gasteiger partial charge in [-0.2, -0.15) is 0 Å². The summed E-state index contributed by atoms with van der Waals surface area (Å²) in [5.41, 5.74) is 1.02. The molecule has 2 aliphatic rings. The number of hydrogen-bond donors (Lipinski definition) is 2. The molecule has 2 heterocycles. The van der Waals surface area contributed by atoms with Crippen molar-refractivity contribution in [3.8, 4) is 5.75 Å². The fourth-order valence-corrected chi connectivity index (χ4v) is 4.59. The van der Waals surface area contributed by atoms with Gasteiger partial charge in [-0.15, -0.1) is 0 Å². The van der Waals surface area contributed by atoms with Gasteiger partial charge in [0.15, 0.2) is 0 Å². The van der Waals surface area contributed by atoms with Crippen LogP contribution in [0.25, 0.3) is 0 Å². The van der Waals surface area contributed by atoms with Crippen molar-refractivity contribution in [2.24, 2.45) is 0 Å². The van der Waals surface area contributed by atoms with Crippen LogP contribution in [0.2, 0.25) is 0 Å². The second-order valence-corrected chi connectivity index (χ2v) is 9.39.